The van der Waals surface area contributed by atoms with Crippen LogP contribution in [-0.4, -0.2) is 52.2 Å². The lowest BCUT2D eigenvalue weighted by Gasteiger charge is -2.43. The lowest BCUT2D eigenvalue weighted by Crippen LogP contribution is -2.52. The maximum Gasteiger partial charge on any atom is 0.274 e. The number of nitrogens with two attached hydrogens (primary N) is 1. The maximum absolute atomic E-state index is 11.0. The van der Waals surface area contributed by atoms with Crippen molar-refractivity contribution in [2.45, 2.75) is 6.92 Å². The van der Waals surface area contributed by atoms with Gasteiger partial charge in [0.05, 0.1) is 19.7 Å². The van der Waals surface area contributed by atoms with E-state index in [-0.39, 0.29) is 5.92 Å². The first-order valence-corrected chi connectivity index (χ1v) is 9.76. The molecule has 1 atom stereocenters. The van der Waals surface area contributed by atoms with Crippen molar-refractivity contribution in [3.63, 3.8) is 0 Å². The molecule has 2 aromatic rings. The zero-order chi connectivity index (χ0) is 18.9. The second-order valence-corrected chi connectivity index (χ2v) is 7.84. The van der Waals surface area contributed by atoms with E-state index in [4.69, 9.17) is 14.6 Å². The van der Waals surface area contributed by atoms with Crippen LogP contribution in [0.3, 0.4) is 0 Å². The van der Waals surface area contributed by atoms with E-state index in [1.165, 1.54) is 6.33 Å². The second kappa shape index (κ2) is 7.22. The van der Waals surface area contributed by atoms with Crippen molar-refractivity contribution < 1.29 is 17.9 Å². The smallest absolute Gasteiger partial charge is 0.274 e. The Morgan fingerprint density at radius 1 is 1.27 bits per heavy atom. The average Bonchev–Trinajstić information content (AvgIpc) is 2.57. The number of hydrogen-bond acceptors (Lipinski definition) is 7. The van der Waals surface area contributed by atoms with E-state index in [9.17, 15) is 8.42 Å². The Balaban J connectivity index is 1.76. The molecule has 9 nitrogen and oxygen atoms in total. The summed E-state index contributed by atoms with van der Waals surface area (Å²) in [6, 6.07) is 3.71. The fourth-order valence-corrected chi connectivity index (χ4v) is 3.58. The van der Waals surface area contributed by atoms with Crippen molar-refractivity contribution in [3.8, 4) is 11.5 Å². The number of nitrogens with zero attached hydrogens (tertiary/aromatic N) is 3. The largest absolute Gasteiger partial charge is 0.493 e. The first-order valence-electron chi connectivity index (χ1n) is 8.21. The number of benzene rings is 1. The van der Waals surface area contributed by atoms with Crippen molar-refractivity contribution >= 4 is 26.9 Å². The van der Waals surface area contributed by atoms with Gasteiger partial charge in [0.2, 0.25) is 0 Å². The molecule has 3 N–H and O–H groups in total. The molecule has 0 bridgehead atoms. The molecule has 1 aromatic heterocycles. The summed E-state index contributed by atoms with van der Waals surface area (Å²) in [5, 5.41) is 5.87. The van der Waals surface area contributed by atoms with Crippen LogP contribution >= 0.6 is 0 Å². The van der Waals surface area contributed by atoms with Crippen LogP contribution in [0.5, 0.6) is 11.5 Å². The molecule has 10 heteroatoms. The van der Waals surface area contributed by atoms with Gasteiger partial charge in [-0.3, -0.25) is 0 Å². The summed E-state index contributed by atoms with van der Waals surface area (Å²) >= 11 is 0. The van der Waals surface area contributed by atoms with E-state index >= 15 is 0 Å². The van der Waals surface area contributed by atoms with E-state index in [1.54, 1.807) is 14.2 Å². The zero-order valence-electron chi connectivity index (χ0n) is 15.0. The Morgan fingerprint density at radius 3 is 2.54 bits per heavy atom. The Hall–Kier alpha value is -2.17. The highest BCUT2D eigenvalue weighted by molar-refractivity contribution is 7.87. The molecule has 26 heavy (non-hydrogen) atoms. The predicted molar refractivity (Wildman–Crippen MR) is 98.6 cm³/mol. The Labute approximate surface area is 152 Å². The van der Waals surface area contributed by atoms with Gasteiger partial charge in [-0.05, 0) is 17.9 Å². The predicted octanol–water partition coefficient (Wildman–Crippen LogP) is 0.512. The summed E-state index contributed by atoms with van der Waals surface area (Å²) in [6.45, 7) is 3.90. The normalized spacial score (nSPS) is 16.4. The molecule has 0 saturated carbocycles. The van der Waals surface area contributed by atoms with E-state index in [0.29, 0.717) is 24.0 Å². The molecule has 1 fully saturated rings. The molecular formula is C16H23N5O4S. The molecule has 1 unspecified atom stereocenters. The SMILES string of the molecule is COc1cc2ncnc(N3CC(C(C)CNS(N)(=O)=O)C3)c2cc1OC. The van der Waals surface area contributed by atoms with Crippen LogP contribution in [0.4, 0.5) is 5.82 Å². The summed E-state index contributed by atoms with van der Waals surface area (Å²) in [5.74, 6) is 2.60. The molecule has 0 radical (unpaired) electrons. The third-order valence-electron chi connectivity index (χ3n) is 4.74. The molecule has 1 saturated heterocycles. The molecule has 0 spiro atoms. The molecule has 2 heterocycles. The van der Waals surface area contributed by atoms with Crippen molar-refractivity contribution in [2.75, 3.05) is 38.8 Å². The van der Waals surface area contributed by atoms with Crippen LogP contribution in [0.2, 0.25) is 0 Å². The Morgan fingerprint density at radius 2 is 1.92 bits per heavy atom. The lowest BCUT2D eigenvalue weighted by molar-refractivity contribution is 0.290. The molecule has 3 rings (SSSR count). The quantitative estimate of drug-likeness (QED) is 0.717. The Kier molecular flexibility index (Phi) is 5.17. The van der Waals surface area contributed by atoms with Crippen LogP contribution < -0.4 is 24.2 Å². The number of aromatic nitrogens is 2. The van der Waals surface area contributed by atoms with Crippen molar-refractivity contribution in [1.82, 2.24) is 14.7 Å². The molecule has 0 amide bonds. The molecule has 1 aliphatic rings. The van der Waals surface area contributed by atoms with Gasteiger partial charge in [0.15, 0.2) is 11.5 Å². The monoisotopic (exact) mass is 381 g/mol. The minimum absolute atomic E-state index is 0.173. The van der Waals surface area contributed by atoms with E-state index < -0.39 is 10.2 Å². The van der Waals surface area contributed by atoms with E-state index in [1.807, 2.05) is 19.1 Å². The highest BCUT2D eigenvalue weighted by Gasteiger charge is 2.33. The van der Waals surface area contributed by atoms with Crippen LogP contribution in [0, 0.1) is 11.8 Å². The average molecular weight is 381 g/mol. The van der Waals surface area contributed by atoms with E-state index in [0.717, 1.165) is 29.8 Å². The molecule has 1 aromatic carbocycles. The zero-order valence-corrected chi connectivity index (χ0v) is 15.8. The Bertz CT molecular complexity index is 899. The topological polar surface area (TPSA) is 120 Å². The number of nitrogens with one attached hydrogen (secondary N) is 1. The van der Waals surface area contributed by atoms with Crippen LogP contribution in [0.15, 0.2) is 18.5 Å². The molecule has 1 aliphatic heterocycles. The van der Waals surface area contributed by atoms with Gasteiger partial charge in [0.25, 0.3) is 10.2 Å². The molecule has 142 valence electrons. The van der Waals surface area contributed by atoms with Gasteiger partial charge in [-0.25, -0.2) is 19.8 Å². The fraction of sp³-hybridized carbons (Fsp3) is 0.500. The molecular weight excluding hydrogens is 358 g/mol. The second-order valence-electron chi connectivity index (χ2n) is 6.46. The van der Waals surface area contributed by atoms with Crippen molar-refractivity contribution in [1.29, 1.82) is 0 Å². The third-order valence-corrected chi connectivity index (χ3v) is 5.31. The van der Waals surface area contributed by atoms with Crippen molar-refractivity contribution in [2.24, 2.45) is 17.0 Å². The summed E-state index contributed by atoms with van der Waals surface area (Å²) in [4.78, 5) is 10.9. The van der Waals surface area contributed by atoms with Gasteiger partial charge < -0.3 is 14.4 Å². The first-order chi connectivity index (χ1) is 12.3. The minimum atomic E-state index is -3.66. The van der Waals surface area contributed by atoms with Gasteiger partial charge in [0, 0.05) is 31.1 Å². The van der Waals surface area contributed by atoms with Gasteiger partial charge in [-0.15, -0.1) is 0 Å². The number of fused-ring (bicyclic) bond motifs is 1. The number of rotatable bonds is 7. The minimum Gasteiger partial charge on any atom is -0.493 e. The number of hydrogen-bond donors (Lipinski definition) is 2. The fourth-order valence-electron chi connectivity index (χ4n) is 3.08. The summed E-state index contributed by atoms with van der Waals surface area (Å²) in [5.41, 5.74) is 0.778. The highest BCUT2D eigenvalue weighted by Crippen LogP contribution is 2.37. The standard InChI is InChI=1S/C16H23N5O4S/c1-10(6-20-26(17,22)23)11-7-21(8-11)16-12-4-14(24-2)15(25-3)5-13(12)18-9-19-16/h4-5,9-11,20H,6-8H2,1-3H3,(H2,17,22,23). The van der Waals surface area contributed by atoms with Crippen molar-refractivity contribution in [3.05, 3.63) is 18.5 Å². The van der Waals surface area contributed by atoms with Crippen LogP contribution in [-0.2, 0) is 10.2 Å². The number of anilines is 1. The first kappa shape index (κ1) is 18.6. The van der Waals surface area contributed by atoms with E-state index in [2.05, 4.69) is 19.6 Å². The number of methoxy groups -OCH3 is 2. The summed E-state index contributed by atoms with van der Waals surface area (Å²) < 4.78 is 35.1. The maximum atomic E-state index is 11.0. The molecule has 0 aliphatic carbocycles. The van der Waals surface area contributed by atoms with Crippen LogP contribution in [0.1, 0.15) is 6.92 Å². The third kappa shape index (κ3) is 3.81. The highest BCUT2D eigenvalue weighted by atomic mass is 32.2. The lowest BCUT2D eigenvalue weighted by atomic mass is 9.87. The van der Waals surface area contributed by atoms with Crippen LogP contribution in [0.25, 0.3) is 10.9 Å². The van der Waals surface area contributed by atoms with Gasteiger partial charge in [-0.2, -0.15) is 8.42 Å². The van der Waals surface area contributed by atoms with Gasteiger partial charge in [-0.1, -0.05) is 6.92 Å². The summed E-state index contributed by atoms with van der Waals surface area (Å²) in [6.07, 6.45) is 1.53. The number of ether oxygens (including phenoxy) is 2. The summed E-state index contributed by atoms with van der Waals surface area (Å²) in [7, 11) is -0.479. The van der Waals surface area contributed by atoms with Gasteiger partial charge in [0.1, 0.15) is 12.1 Å². The van der Waals surface area contributed by atoms with Gasteiger partial charge >= 0.3 is 0 Å².